The Morgan fingerprint density at radius 2 is 2.04 bits per heavy atom. The van der Waals surface area contributed by atoms with Crippen LogP contribution in [0.5, 0.6) is 0 Å². The lowest BCUT2D eigenvalue weighted by Gasteiger charge is -2.31. The Kier molecular flexibility index (Phi) is 5.25. The molecule has 9 heteroatoms. The summed E-state index contributed by atoms with van der Waals surface area (Å²) in [6, 6.07) is 6.35. The molecule has 0 bridgehead atoms. The number of hydrogen-bond acceptors (Lipinski definition) is 6. The second-order valence-corrected chi connectivity index (χ2v) is 8.74. The molecule has 146 valence electrons. The number of carbonyl (C=O) groups is 1. The number of aryl methyl sites for hydroxylation is 1. The monoisotopic (exact) mass is 393 g/mol. The molecular weight excluding hydrogens is 370 g/mol. The molecule has 0 fully saturated rings. The summed E-state index contributed by atoms with van der Waals surface area (Å²) in [5.74, 6) is 0.0962. The molecule has 1 unspecified atom stereocenters. The van der Waals surface area contributed by atoms with Crippen LogP contribution in [-0.2, 0) is 27.8 Å². The summed E-state index contributed by atoms with van der Waals surface area (Å²) < 4.78 is 32.4. The van der Waals surface area contributed by atoms with Gasteiger partial charge in [0.25, 0.3) is 15.9 Å². The standard InChI is InChI=1S/C18H23N3O5S/c1-11(2)17(22)18(23)21-7-6-13-4-5-15(9-14(13)10-21)27(24,25)20-16-8-12(3)26-19-16/h4-5,8-9,11,17,22H,6-7,10H2,1-3H3,(H,19,20). The van der Waals surface area contributed by atoms with Gasteiger partial charge in [-0.2, -0.15) is 0 Å². The van der Waals surface area contributed by atoms with Crippen LogP contribution >= 0.6 is 0 Å². The zero-order valence-electron chi connectivity index (χ0n) is 15.5. The van der Waals surface area contributed by atoms with E-state index in [0.717, 1.165) is 11.1 Å². The number of nitrogens with one attached hydrogen (secondary N) is 1. The van der Waals surface area contributed by atoms with Gasteiger partial charge in [-0.15, -0.1) is 0 Å². The summed E-state index contributed by atoms with van der Waals surface area (Å²) in [6.45, 7) is 5.99. The topological polar surface area (TPSA) is 113 Å². The molecule has 3 rings (SSSR count). The Labute approximate surface area is 158 Å². The SMILES string of the molecule is Cc1cc(NS(=O)(=O)c2ccc3c(c2)CN(C(=O)C(O)C(C)C)CC3)no1. The highest BCUT2D eigenvalue weighted by atomic mass is 32.2. The molecule has 0 spiro atoms. The van der Waals surface area contributed by atoms with Crippen molar-refractivity contribution in [1.82, 2.24) is 10.1 Å². The van der Waals surface area contributed by atoms with Gasteiger partial charge in [0, 0.05) is 19.2 Å². The van der Waals surface area contributed by atoms with Gasteiger partial charge in [0.05, 0.1) is 4.90 Å². The van der Waals surface area contributed by atoms with Gasteiger partial charge in [-0.25, -0.2) is 8.42 Å². The predicted octanol–water partition coefficient (Wildman–Crippen LogP) is 1.69. The number of sulfonamides is 1. The zero-order valence-corrected chi connectivity index (χ0v) is 16.3. The minimum absolute atomic E-state index is 0.0839. The Balaban J connectivity index is 1.82. The summed E-state index contributed by atoms with van der Waals surface area (Å²) in [4.78, 5) is 14.1. The van der Waals surface area contributed by atoms with E-state index in [9.17, 15) is 18.3 Å². The van der Waals surface area contributed by atoms with E-state index in [1.807, 2.05) is 0 Å². The first-order valence-electron chi connectivity index (χ1n) is 8.72. The van der Waals surface area contributed by atoms with Gasteiger partial charge in [0.15, 0.2) is 5.82 Å². The number of benzene rings is 1. The molecule has 0 radical (unpaired) electrons. The Morgan fingerprint density at radius 1 is 1.30 bits per heavy atom. The largest absolute Gasteiger partial charge is 0.383 e. The number of aromatic nitrogens is 1. The van der Waals surface area contributed by atoms with E-state index in [1.54, 1.807) is 37.8 Å². The molecule has 2 heterocycles. The van der Waals surface area contributed by atoms with Crippen LogP contribution in [-0.4, -0.2) is 42.1 Å². The van der Waals surface area contributed by atoms with Gasteiger partial charge in [-0.3, -0.25) is 9.52 Å². The van der Waals surface area contributed by atoms with E-state index >= 15 is 0 Å². The minimum Gasteiger partial charge on any atom is -0.383 e. The highest BCUT2D eigenvalue weighted by Gasteiger charge is 2.28. The molecule has 1 atom stereocenters. The van der Waals surface area contributed by atoms with Crippen molar-refractivity contribution in [3.8, 4) is 0 Å². The second kappa shape index (κ2) is 7.32. The first-order valence-corrected chi connectivity index (χ1v) is 10.2. The van der Waals surface area contributed by atoms with Crippen LogP contribution < -0.4 is 4.72 Å². The van der Waals surface area contributed by atoms with Gasteiger partial charge in [-0.05, 0) is 42.5 Å². The third kappa shape index (κ3) is 4.14. The predicted molar refractivity (Wildman–Crippen MR) is 98.5 cm³/mol. The van der Waals surface area contributed by atoms with Gasteiger partial charge in [0.1, 0.15) is 11.9 Å². The van der Waals surface area contributed by atoms with Gasteiger partial charge in [-0.1, -0.05) is 25.1 Å². The summed E-state index contributed by atoms with van der Waals surface area (Å²) in [5, 5.41) is 13.7. The lowest BCUT2D eigenvalue weighted by atomic mass is 9.98. The number of hydrogen-bond donors (Lipinski definition) is 2. The van der Waals surface area contributed by atoms with Crippen molar-refractivity contribution in [2.75, 3.05) is 11.3 Å². The van der Waals surface area contributed by atoms with Crippen molar-refractivity contribution in [3.05, 3.63) is 41.2 Å². The van der Waals surface area contributed by atoms with E-state index in [0.29, 0.717) is 18.7 Å². The molecule has 27 heavy (non-hydrogen) atoms. The molecule has 2 N–H and O–H groups in total. The first-order chi connectivity index (χ1) is 12.7. The number of nitrogens with zero attached hydrogens (tertiary/aromatic N) is 2. The first kappa shape index (κ1) is 19.4. The molecule has 1 aromatic carbocycles. The van der Waals surface area contributed by atoms with Crippen molar-refractivity contribution >= 4 is 21.7 Å². The van der Waals surface area contributed by atoms with Crippen molar-refractivity contribution in [2.24, 2.45) is 5.92 Å². The number of aliphatic hydroxyl groups excluding tert-OH is 1. The fourth-order valence-corrected chi connectivity index (χ4v) is 4.01. The number of carbonyl (C=O) groups excluding carboxylic acids is 1. The number of fused-ring (bicyclic) bond motifs is 1. The van der Waals surface area contributed by atoms with Crippen LogP contribution in [0.1, 0.15) is 30.7 Å². The van der Waals surface area contributed by atoms with Crippen LogP contribution in [0.3, 0.4) is 0 Å². The van der Waals surface area contributed by atoms with Crippen LogP contribution in [0.2, 0.25) is 0 Å². The van der Waals surface area contributed by atoms with E-state index < -0.39 is 16.1 Å². The number of aliphatic hydroxyl groups is 1. The average molecular weight is 393 g/mol. The normalized spacial score (nSPS) is 15.5. The number of rotatable bonds is 5. The van der Waals surface area contributed by atoms with Crippen LogP contribution in [0.25, 0.3) is 0 Å². The van der Waals surface area contributed by atoms with Gasteiger partial charge < -0.3 is 14.5 Å². The fraction of sp³-hybridized carbons (Fsp3) is 0.444. The minimum atomic E-state index is -3.83. The number of amides is 1. The van der Waals surface area contributed by atoms with Crippen LogP contribution in [0.4, 0.5) is 5.82 Å². The molecule has 0 saturated carbocycles. The highest BCUT2D eigenvalue weighted by molar-refractivity contribution is 7.92. The lowest BCUT2D eigenvalue weighted by Crippen LogP contribution is -2.44. The fourth-order valence-electron chi connectivity index (χ4n) is 2.97. The molecule has 2 aromatic rings. The summed E-state index contributed by atoms with van der Waals surface area (Å²) >= 11 is 0. The molecule has 1 aromatic heterocycles. The molecule has 0 saturated heterocycles. The summed E-state index contributed by atoms with van der Waals surface area (Å²) in [5.41, 5.74) is 1.75. The zero-order chi connectivity index (χ0) is 19.8. The Morgan fingerprint density at radius 3 is 2.67 bits per heavy atom. The Hall–Kier alpha value is -2.39. The highest BCUT2D eigenvalue weighted by Crippen LogP contribution is 2.25. The molecule has 1 amide bonds. The maximum Gasteiger partial charge on any atom is 0.263 e. The quantitative estimate of drug-likeness (QED) is 0.799. The van der Waals surface area contributed by atoms with E-state index in [4.69, 9.17) is 4.52 Å². The van der Waals surface area contributed by atoms with Crippen molar-refractivity contribution in [2.45, 2.75) is 44.7 Å². The maximum absolute atomic E-state index is 12.6. The molecule has 1 aliphatic heterocycles. The van der Waals surface area contributed by atoms with Crippen molar-refractivity contribution < 1.29 is 22.8 Å². The van der Waals surface area contributed by atoms with Gasteiger partial charge in [0.2, 0.25) is 0 Å². The third-order valence-electron chi connectivity index (χ3n) is 4.56. The Bertz CT molecular complexity index is 952. The van der Waals surface area contributed by atoms with Crippen molar-refractivity contribution in [1.29, 1.82) is 0 Å². The maximum atomic E-state index is 12.6. The lowest BCUT2D eigenvalue weighted by molar-refractivity contribution is -0.143. The summed E-state index contributed by atoms with van der Waals surface area (Å²) in [7, 11) is -3.83. The van der Waals surface area contributed by atoms with Crippen LogP contribution in [0.15, 0.2) is 33.7 Å². The molecule has 0 aliphatic carbocycles. The summed E-state index contributed by atoms with van der Waals surface area (Å²) in [6.07, 6.45) is -0.446. The average Bonchev–Trinajstić information content (AvgIpc) is 3.03. The second-order valence-electron chi connectivity index (χ2n) is 7.06. The molecular formula is C18H23N3O5S. The molecule has 1 aliphatic rings. The van der Waals surface area contributed by atoms with E-state index in [2.05, 4.69) is 9.88 Å². The third-order valence-corrected chi connectivity index (χ3v) is 5.92. The van der Waals surface area contributed by atoms with E-state index in [-0.39, 0.29) is 29.1 Å². The van der Waals surface area contributed by atoms with Gasteiger partial charge >= 0.3 is 0 Å². The van der Waals surface area contributed by atoms with Crippen molar-refractivity contribution in [3.63, 3.8) is 0 Å². The smallest absolute Gasteiger partial charge is 0.263 e. The van der Waals surface area contributed by atoms with E-state index in [1.165, 1.54) is 12.1 Å². The molecule has 8 nitrogen and oxygen atoms in total. The number of anilines is 1. The van der Waals surface area contributed by atoms with Crippen LogP contribution in [0, 0.1) is 12.8 Å².